The molecule has 0 aromatic carbocycles. The average Bonchev–Trinajstić information content (AvgIpc) is 3.41. The van der Waals surface area contributed by atoms with Gasteiger partial charge in [-0.1, -0.05) is 6.07 Å². The summed E-state index contributed by atoms with van der Waals surface area (Å²) in [5.41, 5.74) is 11.3. The number of hydrogen-bond acceptors (Lipinski definition) is 6. The molecule has 0 aliphatic carbocycles. The van der Waals surface area contributed by atoms with Crippen LogP contribution in [0, 0.1) is 5.92 Å². The van der Waals surface area contributed by atoms with Gasteiger partial charge in [-0.15, -0.1) is 0 Å². The lowest BCUT2D eigenvalue weighted by Gasteiger charge is -2.33. The second kappa shape index (κ2) is 6.56. The molecule has 3 aromatic rings. The number of piperidine rings is 1. The lowest BCUT2D eigenvalue weighted by molar-refractivity contribution is 0.265. The van der Waals surface area contributed by atoms with E-state index in [-0.39, 0.29) is 6.04 Å². The van der Waals surface area contributed by atoms with Crippen molar-refractivity contribution in [3.05, 3.63) is 54.2 Å². The van der Waals surface area contributed by atoms with Crippen LogP contribution in [-0.2, 0) is 14.1 Å². The van der Waals surface area contributed by atoms with Crippen molar-refractivity contribution in [2.24, 2.45) is 20.0 Å². The maximum atomic E-state index is 4.94. The summed E-state index contributed by atoms with van der Waals surface area (Å²) < 4.78 is 3.67. The van der Waals surface area contributed by atoms with Gasteiger partial charge in [-0.25, -0.2) is 5.43 Å². The molecule has 27 heavy (non-hydrogen) atoms. The van der Waals surface area contributed by atoms with E-state index in [4.69, 9.17) is 4.98 Å². The van der Waals surface area contributed by atoms with Crippen molar-refractivity contribution in [3.8, 4) is 11.3 Å². The molecule has 4 unspecified atom stereocenters. The molecule has 0 radical (unpaired) electrons. The quantitative estimate of drug-likeness (QED) is 0.645. The summed E-state index contributed by atoms with van der Waals surface area (Å²) in [6, 6.07) is 7.15. The molecule has 5 heterocycles. The van der Waals surface area contributed by atoms with Crippen molar-refractivity contribution in [1.82, 2.24) is 40.7 Å². The van der Waals surface area contributed by atoms with Crippen molar-refractivity contribution >= 4 is 0 Å². The highest BCUT2D eigenvalue weighted by Gasteiger charge is 2.42. The highest BCUT2D eigenvalue weighted by atomic mass is 15.4. The third-order valence-corrected chi connectivity index (χ3v) is 5.68. The molecule has 0 amide bonds. The number of nitrogens with zero attached hydrogens (tertiary/aromatic N) is 5. The fourth-order valence-electron chi connectivity index (χ4n) is 4.28. The van der Waals surface area contributed by atoms with Crippen LogP contribution >= 0.6 is 0 Å². The predicted molar refractivity (Wildman–Crippen MR) is 101 cm³/mol. The van der Waals surface area contributed by atoms with Crippen molar-refractivity contribution in [2.75, 3.05) is 6.54 Å². The molecule has 8 heteroatoms. The van der Waals surface area contributed by atoms with Gasteiger partial charge in [-0.05, 0) is 18.6 Å². The smallest absolute Gasteiger partial charge is 0.0737 e. The molecule has 2 saturated heterocycles. The summed E-state index contributed by atoms with van der Waals surface area (Å²) in [5, 5.41) is 12.2. The summed E-state index contributed by atoms with van der Waals surface area (Å²) in [7, 11) is 3.89. The van der Waals surface area contributed by atoms with Crippen LogP contribution in [0.2, 0.25) is 0 Å². The maximum Gasteiger partial charge on any atom is 0.0737 e. The Morgan fingerprint density at radius 1 is 1.04 bits per heavy atom. The Labute approximate surface area is 158 Å². The van der Waals surface area contributed by atoms with Crippen molar-refractivity contribution in [3.63, 3.8) is 0 Å². The van der Waals surface area contributed by atoms with E-state index in [1.54, 1.807) is 4.68 Å². The van der Waals surface area contributed by atoms with E-state index in [9.17, 15) is 0 Å². The van der Waals surface area contributed by atoms with Crippen LogP contribution in [0.25, 0.3) is 11.3 Å². The topological polar surface area (TPSA) is 84.6 Å². The van der Waals surface area contributed by atoms with Gasteiger partial charge in [0.2, 0.25) is 0 Å². The molecule has 0 spiro atoms. The first kappa shape index (κ1) is 16.6. The minimum atomic E-state index is 0.188. The molecule has 5 rings (SSSR count). The number of fused-ring (bicyclic) bond motifs is 1. The number of hydrogen-bond donors (Lipinski definition) is 3. The Kier molecular flexibility index (Phi) is 4.04. The molecule has 8 nitrogen and oxygen atoms in total. The first-order valence-corrected chi connectivity index (χ1v) is 9.36. The van der Waals surface area contributed by atoms with Gasteiger partial charge in [0.05, 0.1) is 29.8 Å². The van der Waals surface area contributed by atoms with E-state index in [0.29, 0.717) is 18.0 Å². The van der Waals surface area contributed by atoms with Crippen LogP contribution in [0.4, 0.5) is 0 Å². The van der Waals surface area contributed by atoms with E-state index < -0.39 is 0 Å². The van der Waals surface area contributed by atoms with Crippen LogP contribution in [0.3, 0.4) is 0 Å². The fraction of sp³-hybridized carbons (Fsp3) is 0.421. The van der Waals surface area contributed by atoms with Crippen molar-refractivity contribution in [2.45, 2.75) is 24.5 Å². The van der Waals surface area contributed by atoms with Crippen LogP contribution in [0.15, 0.2) is 43.0 Å². The van der Waals surface area contributed by atoms with Crippen LogP contribution in [0.1, 0.15) is 29.8 Å². The number of aromatic nitrogens is 5. The van der Waals surface area contributed by atoms with Crippen molar-refractivity contribution < 1.29 is 0 Å². The first-order valence-electron chi connectivity index (χ1n) is 9.36. The number of aryl methyl sites for hydroxylation is 2. The van der Waals surface area contributed by atoms with Crippen LogP contribution in [0.5, 0.6) is 0 Å². The number of hydrazine groups is 1. The van der Waals surface area contributed by atoms with Gasteiger partial charge in [0.15, 0.2) is 0 Å². The van der Waals surface area contributed by atoms with Gasteiger partial charge in [0, 0.05) is 62.2 Å². The van der Waals surface area contributed by atoms with Crippen LogP contribution < -0.4 is 16.2 Å². The van der Waals surface area contributed by atoms with Gasteiger partial charge < -0.3 is 5.32 Å². The standard InChI is InChI=1S/C19H24N8/c1-26-10-12(7-21-26)15-4-3-5-16(23-15)19-14-6-17(13-8-22-27(2)11-13)20-9-18(14)24-25-19/h3-5,7-8,10-11,14,17-20,24-25H,6,9H2,1-2H3. The largest absolute Gasteiger partial charge is 0.308 e. The Balaban J connectivity index is 1.40. The second-order valence-corrected chi connectivity index (χ2v) is 7.53. The summed E-state index contributed by atoms with van der Waals surface area (Å²) in [6.45, 7) is 0.927. The number of pyridine rings is 1. The average molecular weight is 364 g/mol. The van der Waals surface area contributed by atoms with Crippen LogP contribution in [-0.4, -0.2) is 37.1 Å². The maximum absolute atomic E-state index is 4.94. The van der Waals surface area contributed by atoms with E-state index >= 15 is 0 Å². The SMILES string of the molecule is Cn1cc(-c2cccc(C3NNC4CNC(c5cnn(C)c5)CC43)n2)cn1. The van der Waals surface area contributed by atoms with E-state index in [1.807, 2.05) is 43.4 Å². The molecule has 2 aliphatic heterocycles. The predicted octanol–water partition coefficient (Wildman–Crippen LogP) is 1.08. The van der Waals surface area contributed by atoms with E-state index in [2.05, 4.69) is 44.7 Å². The lowest BCUT2D eigenvalue weighted by atomic mass is 9.82. The minimum Gasteiger partial charge on any atom is -0.308 e. The normalized spacial score (nSPS) is 27.6. The number of nitrogens with one attached hydrogen (secondary N) is 3. The van der Waals surface area contributed by atoms with E-state index in [0.717, 1.165) is 29.9 Å². The molecule has 3 N–H and O–H groups in total. The molecular formula is C19H24N8. The first-order chi connectivity index (χ1) is 13.2. The third-order valence-electron chi connectivity index (χ3n) is 5.68. The summed E-state index contributed by atoms with van der Waals surface area (Å²) in [4.78, 5) is 4.94. The van der Waals surface area contributed by atoms with Gasteiger partial charge >= 0.3 is 0 Å². The summed E-state index contributed by atoms with van der Waals surface area (Å²) >= 11 is 0. The molecular weight excluding hydrogens is 340 g/mol. The zero-order valence-corrected chi connectivity index (χ0v) is 15.5. The van der Waals surface area contributed by atoms with Gasteiger partial charge in [0.1, 0.15) is 0 Å². The Morgan fingerprint density at radius 3 is 2.67 bits per heavy atom. The Bertz CT molecular complexity index is 945. The molecule has 0 saturated carbocycles. The van der Waals surface area contributed by atoms with E-state index in [1.165, 1.54) is 5.56 Å². The monoisotopic (exact) mass is 364 g/mol. The van der Waals surface area contributed by atoms with Gasteiger partial charge in [-0.2, -0.15) is 10.2 Å². The molecule has 140 valence electrons. The van der Waals surface area contributed by atoms with Crippen molar-refractivity contribution in [1.29, 1.82) is 0 Å². The molecule has 2 fully saturated rings. The Hall–Kier alpha value is -2.55. The Morgan fingerprint density at radius 2 is 1.89 bits per heavy atom. The lowest BCUT2D eigenvalue weighted by Crippen LogP contribution is -2.46. The zero-order valence-electron chi connectivity index (χ0n) is 15.5. The molecule has 4 atom stereocenters. The third kappa shape index (κ3) is 3.05. The fourth-order valence-corrected chi connectivity index (χ4v) is 4.28. The highest BCUT2D eigenvalue weighted by molar-refractivity contribution is 5.57. The molecule has 0 bridgehead atoms. The zero-order chi connectivity index (χ0) is 18.4. The van der Waals surface area contributed by atoms with Gasteiger partial charge in [-0.3, -0.25) is 19.8 Å². The highest BCUT2D eigenvalue weighted by Crippen LogP contribution is 2.38. The second-order valence-electron chi connectivity index (χ2n) is 7.53. The summed E-state index contributed by atoms with van der Waals surface area (Å²) in [6.07, 6.45) is 8.96. The van der Waals surface area contributed by atoms with Gasteiger partial charge in [0.25, 0.3) is 0 Å². The molecule has 3 aromatic heterocycles. The molecule has 2 aliphatic rings. The minimum absolute atomic E-state index is 0.188. The summed E-state index contributed by atoms with van der Waals surface area (Å²) in [5.74, 6) is 0.466. The number of rotatable bonds is 3.